The van der Waals surface area contributed by atoms with Gasteiger partial charge in [-0.15, -0.1) is 0 Å². The van der Waals surface area contributed by atoms with E-state index in [4.69, 9.17) is 0 Å². The van der Waals surface area contributed by atoms with E-state index in [1.54, 1.807) is 0 Å². The minimum absolute atomic E-state index is 0. The van der Waals surface area contributed by atoms with Crippen LogP contribution in [0.2, 0.25) is 0 Å². The summed E-state index contributed by atoms with van der Waals surface area (Å²) in [7, 11) is 0. The second kappa shape index (κ2) is 5.35. The van der Waals surface area contributed by atoms with E-state index in [0.29, 0.717) is 5.92 Å². The summed E-state index contributed by atoms with van der Waals surface area (Å²) in [6, 6.07) is 17.5. The predicted octanol–water partition coefficient (Wildman–Crippen LogP) is 5.33. The quantitative estimate of drug-likeness (QED) is 0.386. The molecular weight excluding hydrogens is 317 g/mol. The number of hydrogen-bond donors (Lipinski definition) is 0. The van der Waals surface area contributed by atoms with Crippen molar-refractivity contribution in [2.75, 3.05) is 0 Å². The molecule has 3 aromatic carbocycles. The topological polar surface area (TPSA) is 0 Å². The maximum absolute atomic E-state index is 2.28. The zero-order valence-electron chi connectivity index (χ0n) is 11.5. The van der Waals surface area contributed by atoms with Gasteiger partial charge in [-0.05, 0) is 21.5 Å². The first-order valence-corrected chi connectivity index (χ1v) is 6.81. The number of benzene rings is 3. The molecule has 0 spiro atoms. The van der Waals surface area contributed by atoms with Crippen LogP contribution in [0.3, 0.4) is 0 Å². The van der Waals surface area contributed by atoms with Gasteiger partial charge in [0.25, 0.3) is 0 Å². The van der Waals surface area contributed by atoms with Crippen LogP contribution in [0.15, 0.2) is 54.6 Å². The van der Waals surface area contributed by atoms with Gasteiger partial charge in [0.05, 0.1) is 0 Å². The van der Waals surface area contributed by atoms with E-state index in [1.807, 2.05) is 0 Å². The number of fused-ring (bicyclic) bond motifs is 6. The molecule has 1 radical (unpaired) electrons. The summed E-state index contributed by atoms with van der Waals surface area (Å²) in [5.41, 5.74) is 2.86. The summed E-state index contributed by atoms with van der Waals surface area (Å²) in [5.74, 6) is 0.481. The van der Waals surface area contributed by atoms with Crippen LogP contribution >= 0.6 is 0 Å². The maximum atomic E-state index is 2.28. The van der Waals surface area contributed by atoms with Gasteiger partial charge < -0.3 is 0 Å². The van der Waals surface area contributed by atoms with Crippen LogP contribution in [0.4, 0.5) is 0 Å². The molecule has 1 aliphatic rings. The van der Waals surface area contributed by atoms with Crippen LogP contribution in [-0.4, -0.2) is 0 Å². The van der Waals surface area contributed by atoms with Crippen LogP contribution in [-0.2, 0) is 32.7 Å². The summed E-state index contributed by atoms with van der Waals surface area (Å²) in [4.78, 5) is 0. The largest absolute Gasteiger partial charge is 0.227 e. The van der Waals surface area contributed by atoms with Crippen molar-refractivity contribution in [2.24, 2.45) is 0 Å². The van der Waals surface area contributed by atoms with Gasteiger partial charge in [-0.1, -0.05) is 72.5 Å². The molecule has 0 aliphatic heterocycles. The fourth-order valence-corrected chi connectivity index (χ4v) is 3.28. The minimum atomic E-state index is 0. The number of rotatable bonds is 0. The smallest absolute Gasteiger partial charge is 0 e. The fraction of sp³-hybridized carbons (Fsp3) is 0.105. The number of hydrogen-bond acceptors (Lipinski definition) is 0. The van der Waals surface area contributed by atoms with E-state index >= 15 is 0 Å². The van der Waals surface area contributed by atoms with Crippen molar-refractivity contribution in [1.82, 2.24) is 0 Å². The Morgan fingerprint density at radius 1 is 0.800 bits per heavy atom. The first-order chi connectivity index (χ1) is 9.36. The molecule has 4 rings (SSSR count). The third kappa shape index (κ3) is 1.94. The van der Waals surface area contributed by atoms with E-state index < -0.39 is 0 Å². The molecule has 0 amide bonds. The standard InChI is InChI=1S/C19H15.Y/c1-13-7-6-12-18-16-9-3-2-8-14(16)15-10-4-5-11-17(15)19(13)18;/h2-13H,1H3;/q-1;. The van der Waals surface area contributed by atoms with Crippen molar-refractivity contribution < 1.29 is 32.7 Å². The maximum Gasteiger partial charge on any atom is 0 e. The second-order valence-corrected chi connectivity index (χ2v) is 5.26. The van der Waals surface area contributed by atoms with E-state index in [0.717, 1.165) is 0 Å². The van der Waals surface area contributed by atoms with Crippen LogP contribution < -0.4 is 0 Å². The van der Waals surface area contributed by atoms with Gasteiger partial charge in [-0.25, -0.2) is 18.6 Å². The molecule has 3 aromatic rings. The van der Waals surface area contributed by atoms with Crippen molar-refractivity contribution in [3.8, 4) is 0 Å². The fourth-order valence-electron chi connectivity index (χ4n) is 3.28. The molecule has 0 aromatic heterocycles. The van der Waals surface area contributed by atoms with Gasteiger partial charge in [-0.2, -0.15) is 0 Å². The third-order valence-electron chi connectivity index (χ3n) is 4.13. The van der Waals surface area contributed by atoms with E-state index in [2.05, 4.69) is 74.0 Å². The molecular formula is C19H15Y-. The van der Waals surface area contributed by atoms with Crippen molar-refractivity contribution in [1.29, 1.82) is 0 Å². The molecule has 0 saturated heterocycles. The molecule has 0 fully saturated rings. The van der Waals surface area contributed by atoms with Gasteiger partial charge in [-0.3, -0.25) is 0 Å². The molecule has 1 atom stereocenters. The Morgan fingerprint density at radius 2 is 1.35 bits per heavy atom. The average Bonchev–Trinajstić information content (AvgIpc) is 2.47. The molecule has 20 heavy (non-hydrogen) atoms. The summed E-state index contributed by atoms with van der Waals surface area (Å²) in [6.07, 6.45) is 6.72. The van der Waals surface area contributed by atoms with Crippen LogP contribution in [0.5, 0.6) is 0 Å². The Labute approximate surface area is 144 Å². The average molecular weight is 332 g/mol. The summed E-state index contributed by atoms with van der Waals surface area (Å²) >= 11 is 0. The number of allylic oxidation sites excluding steroid dienone is 1. The van der Waals surface area contributed by atoms with Crippen LogP contribution in [0.1, 0.15) is 24.0 Å². The zero-order valence-corrected chi connectivity index (χ0v) is 14.3. The molecule has 0 bridgehead atoms. The SMILES string of the molecule is CC1[CH-]C=Cc2c1c1ccccc1c1ccccc21.[Y]. The van der Waals surface area contributed by atoms with Gasteiger partial charge in [0.1, 0.15) is 0 Å². The molecule has 1 unspecified atom stereocenters. The van der Waals surface area contributed by atoms with Crippen molar-refractivity contribution in [3.63, 3.8) is 0 Å². The Balaban J connectivity index is 0.00000121. The molecule has 0 nitrogen and oxygen atoms in total. The second-order valence-electron chi connectivity index (χ2n) is 5.26. The van der Waals surface area contributed by atoms with E-state index in [1.165, 1.54) is 32.7 Å². The van der Waals surface area contributed by atoms with Gasteiger partial charge in [0, 0.05) is 32.7 Å². The zero-order chi connectivity index (χ0) is 12.8. The molecule has 1 aliphatic carbocycles. The Hall–Kier alpha value is -1.11. The van der Waals surface area contributed by atoms with Crippen molar-refractivity contribution >= 4 is 27.6 Å². The molecule has 1 heteroatoms. The van der Waals surface area contributed by atoms with Crippen molar-refractivity contribution in [3.05, 3.63) is 72.2 Å². The van der Waals surface area contributed by atoms with Crippen LogP contribution in [0, 0.1) is 6.42 Å². The van der Waals surface area contributed by atoms with Crippen molar-refractivity contribution in [2.45, 2.75) is 12.8 Å². The van der Waals surface area contributed by atoms with Crippen LogP contribution in [0.25, 0.3) is 27.6 Å². The first-order valence-electron chi connectivity index (χ1n) is 6.81. The molecule has 95 valence electrons. The Kier molecular flexibility index (Phi) is 3.71. The predicted molar refractivity (Wildman–Crippen MR) is 83.2 cm³/mol. The molecule has 0 heterocycles. The van der Waals surface area contributed by atoms with Gasteiger partial charge in [0.15, 0.2) is 0 Å². The first kappa shape index (κ1) is 13.9. The minimum Gasteiger partial charge on any atom is -0.227 e. The Bertz CT molecular complexity index is 814. The summed E-state index contributed by atoms with van der Waals surface area (Å²) in [5, 5.41) is 5.49. The monoisotopic (exact) mass is 332 g/mol. The van der Waals surface area contributed by atoms with Gasteiger partial charge >= 0.3 is 0 Å². The normalized spacial score (nSPS) is 16.6. The third-order valence-corrected chi connectivity index (χ3v) is 4.13. The summed E-state index contributed by atoms with van der Waals surface area (Å²) < 4.78 is 0. The van der Waals surface area contributed by atoms with E-state index in [-0.39, 0.29) is 32.7 Å². The molecule has 0 N–H and O–H groups in total. The van der Waals surface area contributed by atoms with E-state index in [9.17, 15) is 0 Å². The van der Waals surface area contributed by atoms with Gasteiger partial charge in [0.2, 0.25) is 0 Å². The Morgan fingerprint density at radius 3 is 2.05 bits per heavy atom. The molecule has 0 saturated carbocycles. The summed E-state index contributed by atoms with van der Waals surface area (Å²) in [6.45, 7) is 2.28.